The molecule has 0 radical (unpaired) electrons. The Kier molecular flexibility index (Phi) is 7.88. The highest BCUT2D eigenvalue weighted by molar-refractivity contribution is 5.82. The zero-order valence-corrected chi connectivity index (χ0v) is 19.6. The van der Waals surface area contributed by atoms with Crippen molar-refractivity contribution in [2.75, 3.05) is 13.2 Å². The monoisotopic (exact) mass is 500 g/mol. The molecule has 0 saturated heterocycles. The Bertz CT molecular complexity index is 1230. The Morgan fingerprint density at radius 3 is 2.22 bits per heavy atom. The lowest BCUT2D eigenvalue weighted by atomic mass is 9.78. The van der Waals surface area contributed by atoms with E-state index in [0.717, 1.165) is 43.4 Å². The van der Waals surface area contributed by atoms with Crippen LogP contribution in [0, 0.1) is 11.8 Å². The molecule has 1 aromatic heterocycles. The summed E-state index contributed by atoms with van der Waals surface area (Å²) in [5, 5.41) is 15.5. The van der Waals surface area contributed by atoms with E-state index in [4.69, 9.17) is 9.84 Å². The predicted octanol–water partition coefficient (Wildman–Crippen LogP) is 5.57. The van der Waals surface area contributed by atoms with Gasteiger partial charge in [0.2, 0.25) is 0 Å². The fourth-order valence-electron chi connectivity index (χ4n) is 4.83. The number of benzene rings is 2. The van der Waals surface area contributed by atoms with Gasteiger partial charge < -0.3 is 9.84 Å². The molecule has 2 N–H and O–H groups in total. The van der Waals surface area contributed by atoms with Crippen LogP contribution in [-0.2, 0) is 22.1 Å². The van der Waals surface area contributed by atoms with E-state index in [1.807, 2.05) is 30.3 Å². The van der Waals surface area contributed by atoms with Crippen molar-refractivity contribution in [1.29, 1.82) is 0 Å². The molecule has 0 aliphatic heterocycles. The summed E-state index contributed by atoms with van der Waals surface area (Å²) in [7, 11) is 0. The number of aromatic nitrogens is 2. The molecule has 9 heteroatoms. The zero-order valence-electron chi connectivity index (χ0n) is 19.6. The second kappa shape index (κ2) is 11.1. The van der Waals surface area contributed by atoms with E-state index in [0.29, 0.717) is 35.4 Å². The highest BCUT2D eigenvalue weighted by atomic mass is 19.4. The Balaban J connectivity index is 1.62. The van der Waals surface area contributed by atoms with Gasteiger partial charge in [-0.2, -0.15) is 18.3 Å². The van der Waals surface area contributed by atoms with Crippen molar-refractivity contribution in [1.82, 2.24) is 10.2 Å². The molecule has 3 aromatic rings. The Hall–Kier alpha value is -3.46. The number of hydrogen-bond acceptors (Lipinski definition) is 4. The van der Waals surface area contributed by atoms with Crippen LogP contribution in [0.1, 0.15) is 36.8 Å². The maximum Gasteiger partial charge on any atom is 0.416 e. The van der Waals surface area contributed by atoms with E-state index in [1.165, 1.54) is 12.1 Å². The molecule has 1 fully saturated rings. The molecule has 2 aromatic carbocycles. The van der Waals surface area contributed by atoms with Crippen LogP contribution in [0.25, 0.3) is 22.4 Å². The van der Waals surface area contributed by atoms with Gasteiger partial charge in [0, 0.05) is 16.7 Å². The van der Waals surface area contributed by atoms with Crippen molar-refractivity contribution in [3.8, 4) is 22.4 Å². The number of nitrogens with one attached hydrogen (secondary N) is 1. The highest BCUT2D eigenvalue weighted by Gasteiger charge is 2.30. The molecule has 4 rings (SSSR count). The maximum absolute atomic E-state index is 13.1. The van der Waals surface area contributed by atoms with Gasteiger partial charge in [-0.25, -0.2) is 9.89 Å². The minimum atomic E-state index is -4.44. The number of ether oxygens (including phenoxy) is 1. The average Bonchev–Trinajstić information content (AvgIpc) is 2.86. The summed E-state index contributed by atoms with van der Waals surface area (Å²) in [5.41, 5.74) is 1.83. The van der Waals surface area contributed by atoms with Crippen LogP contribution in [0.4, 0.5) is 13.2 Å². The van der Waals surface area contributed by atoms with Crippen LogP contribution in [0.3, 0.4) is 0 Å². The third-order valence-corrected chi connectivity index (χ3v) is 6.67. The molecule has 1 saturated carbocycles. The molecule has 0 amide bonds. The minimum Gasteiger partial charge on any atom is -0.480 e. The SMILES string of the molecule is O=C(O)COC[C@H]1CC[C@H](Cc2c(-c3ccccc3)c(-c3ccc(C(F)(F)F)cc3)n[nH]c2=O)CC1. The lowest BCUT2D eigenvalue weighted by molar-refractivity contribution is -0.143. The van der Waals surface area contributed by atoms with E-state index < -0.39 is 17.7 Å². The van der Waals surface area contributed by atoms with Crippen LogP contribution < -0.4 is 5.56 Å². The number of carbonyl (C=O) groups is 1. The van der Waals surface area contributed by atoms with Gasteiger partial charge in [0.05, 0.1) is 17.9 Å². The summed E-state index contributed by atoms with van der Waals surface area (Å²) >= 11 is 0. The second-order valence-corrected chi connectivity index (χ2v) is 9.20. The molecule has 36 heavy (non-hydrogen) atoms. The van der Waals surface area contributed by atoms with Crippen molar-refractivity contribution >= 4 is 5.97 Å². The van der Waals surface area contributed by atoms with Crippen LogP contribution in [0.5, 0.6) is 0 Å². The number of alkyl halides is 3. The van der Waals surface area contributed by atoms with Crippen molar-refractivity contribution in [3.05, 3.63) is 76.1 Å². The first kappa shape index (κ1) is 25.6. The van der Waals surface area contributed by atoms with E-state index >= 15 is 0 Å². The number of aliphatic carboxylic acids is 1. The first-order valence-electron chi connectivity index (χ1n) is 11.9. The van der Waals surface area contributed by atoms with Crippen molar-refractivity contribution in [3.63, 3.8) is 0 Å². The fraction of sp³-hybridized carbons (Fsp3) is 0.370. The molecular weight excluding hydrogens is 473 g/mol. The van der Waals surface area contributed by atoms with Crippen molar-refractivity contribution in [2.45, 2.75) is 38.3 Å². The molecule has 190 valence electrons. The van der Waals surface area contributed by atoms with Gasteiger partial charge in [-0.15, -0.1) is 0 Å². The van der Waals surface area contributed by atoms with Gasteiger partial charge >= 0.3 is 12.1 Å². The summed E-state index contributed by atoms with van der Waals surface area (Å²) in [6.45, 7) is 0.0989. The fourth-order valence-corrected chi connectivity index (χ4v) is 4.83. The predicted molar refractivity (Wildman–Crippen MR) is 128 cm³/mol. The van der Waals surface area contributed by atoms with Crippen LogP contribution in [0.2, 0.25) is 0 Å². The third-order valence-electron chi connectivity index (χ3n) is 6.67. The van der Waals surface area contributed by atoms with Crippen molar-refractivity contribution in [2.24, 2.45) is 11.8 Å². The standard InChI is InChI=1S/C27H27F3N2O4/c28-27(29,30)21-12-10-20(11-13-21)25-24(19-4-2-1-3-5-19)22(26(35)32-31-25)14-17-6-8-18(9-7-17)15-36-16-23(33)34/h1-5,10-13,17-18H,6-9,14-16H2,(H,32,35)(H,33,34)/t17-,18-. The van der Waals surface area contributed by atoms with Gasteiger partial charge in [-0.05, 0) is 61.6 Å². The largest absolute Gasteiger partial charge is 0.480 e. The Morgan fingerprint density at radius 2 is 1.61 bits per heavy atom. The maximum atomic E-state index is 13.1. The lowest BCUT2D eigenvalue weighted by Crippen LogP contribution is -2.25. The molecule has 1 aliphatic carbocycles. The van der Waals surface area contributed by atoms with E-state index in [-0.39, 0.29) is 24.0 Å². The Labute approximate surface area is 206 Å². The molecule has 0 unspecified atom stereocenters. The number of hydrogen-bond donors (Lipinski definition) is 2. The molecule has 1 heterocycles. The van der Waals surface area contributed by atoms with E-state index in [2.05, 4.69) is 10.2 Å². The molecule has 0 spiro atoms. The zero-order chi connectivity index (χ0) is 25.7. The smallest absolute Gasteiger partial charge is 0.416 e. The number of H-pyrrole nitrogens is 1. The summed E-state index contributed by atoms with van der Waals surface area (Å²) in [6, 6.07) is 14.1. The van der Waals surface area contributed by atoms with Crippen LogP contribution in [-0.4, -0.2) is 34.5 Å². The Morgan fingerprint density at radius 1 is 0.972 bits per heavy atom. The van der Waals surface area contributed by atoms with Crippen LogP contribution >= 0.6 is 0 Å². The topological polar surface area (TPSA) is 92.3 Å². The van der Waals surface area contributed by atoms with E-state index in [1.54, 1.807) is 0 Å². The first-order chi connectivity index (χ1) is 17.2. The minimum absolute atomic E-state index is 0.243. The van der Waals surface area contributed by atoms with Gasteiger partial charge in [0.15, 0.2) is 0 Å². The first-order valence-corrected chi connectivity index (χ1v) is 11.9. The molecule has 0 bridgehead atoms. The number of carboxylic acid groups (broad SMARTS) is 1. The molecular formula is C27H27F3N2O4. The van der Waals surface area contributed by atoms with Crippen molar-refractivity contribution < 1.29 is 27.8 Å². The highest BCUT2D eigenvalue weighted by Crippen LogP contribution is 2.37. The van der Waals surface area contributed by atoms with Gasteiger partial charge in [-0.1, -0.05) is 42.5 Å². The summed E-state index contributed by atoms with van der Waals surface area (Å²) in [4.78, 5) is 23.6. The molecule has 0 atom stereocenters. The van der Waals surface area contributed by atoms with Crippen LogP contribution in [0.15, 0.2) is 59.4 Å². The van der Waals surface area contributed by atoms with E-state index in [9.17, 15) is 22.8 Å². The quantitative estimate of drug-likeness (QED) is 0.422. The number of halogens is 3. The summed E-state index contributed by atoms with van der Waals surface area (Å²) in [5.74, 6) is -0.461. The van der Waals surface area contributed by atoms with Gasteiger partial charge in [0.1, 0.15) is 6.61 Å². The number of aromatic amines is 1. The third kappa shape index (κ3) is 6.20. The number of carboxylic acids is 1. The average molecular weight is 501 g/mol. The lowest BCUT2D eigenvalue weighted by Gasteiger charge is -2.28. The number of rotatable bonds is 8. The van der Waals surface area contributed by atoms with Gasteiger partial charge in [-0.3, -0.25) is 4.79 Å². The normalized spacial score (nSPS) is 18.2. The molecule has 6 nitrogen and oxygen atoms in total. The van der Waals surface area contributed by atoms with Gasteiger partial charge in [0.25, 0.3) is 5.56 Å². The number of nitrogens with zero attached hydrogens (tertiary/aromatic N) is 1. The summed E-state index contributed by atoms with van der Waals surface area (Å²) in [6.07, 6.45) is -0.445. The summed E-state index contributed by atoms with van der Waals surface area (Å²) < 4.78 is 44.5. The molecule has 1 aliphatic rings. The second-order valence-electron chi connectivity index (χ2n) is 9.20.